The van der Waals surface area contributed by atoms with E-state index in [1.807, 2.05) is 0 Å². The predicted molar refractivity (Wildman–Crippen MR) is 327 cm³/mol. The van der Waals surface area contributed by atoms with E-state index in [0.717, 1.165) is 39.3 Å². The fraction of sp³-hybridized carbons (Fsp3) is 0.0526. The Morgan fingerprint density at radius 3 is 1.65 bits per heavy atom. The van der Waals surface area contributed by atoms with Gasteiger partial charge >= 0.3 is 0 Å². The van der Waals surface area contributed by atoms with Gasteiger partial charge < -0.3 is 13.9 Å². The summed E-state index contributed by atoms with van der Waals surface area (Å²) in [6.07, 6.45) is 0. The van der Waals surface area contributed by atoms with Gasteiger partial charge in [-0.2, -0.15) is 0 Å². The Kier molecular flexibility index (Phi) is 9.11. The van der Waals surface area contributed by atoms with E-state index >= 15 is 0 Å². The lowest BCUT2D eigenvalue weighted by atomic mass is 9.70. The zero-order valence-corrected chi connectivity index (χ0v) is 43.7. The van der Waals surface area contributed by atoms with Crippen LogP contribution in [0.1, 0.15) is 47.2 Å². The molecule has 17 rings (SSSR count). The summed E-state index contributed by atoms with van der Waals surface area (Å²) in [6, 6.07) is 99.2. The summed E-state index contributed by atoms with van der Waals surface area (Å²) >= 11 is 0. The van der Waals surface area contributed by atoms with Gasteiger partial charge in [0.25, 0.3) is 0 Å². The number of fused-ring (bicyclic) bond motifs is 20. The average molecular weight is 1010 g/mol. The molecule has 3 aliphatic carbocycles. The number of nitrogens with zero attached hydrogens (tertiary/aromatic N) is 2. The largest absolute Gasteiger partial charge is 0.456 e. The van der Waals surface area contributed by atoms with Crippen molar-refractivity contribution in [3.05, 3.63) is 300 Å². The zero-order valence-electron chi connectivity index (χ0n) is 43.7. The summed E-state index contributed by atoms with van der Waals surface area (Å²) in [5.74, 6) is 0. The summed E-state index contributed by atoms with van der Waals surface area (Å²) in [5, 5.41) is 4.80. The quantitative estimate of drug-likeness (QED) is 0.166. The average Bonchev–Trinajstić information content (AvgIpc) is 3.06. The lowest BCUT2D eigenvalue weighted by Gasteiger charge is -2.30. The molecular weight excluding hydrogens is 957 g/mol. The minimum absolute atomic E-state index is 0.121. The van der Waals surface area contributed by atoms with Crippen molar-refractivity contribution in [3.63, 3.8) is 0 Å². The maximum Gasteiger partial charge on any atom is 0.136 e. The van der Waals surface area contributed by atoms with Crippen LogP contribution in [0.5, 0.6) is 0 Å². The van der Waals surface area contributed by atoms with Gasteiger partial charge in [-0.1, -0.05) is 202 Å². The van der Waals surface area contributed by atoms with Gasteiger partial charge in [0.05, 0.1) is 16.4 Å². The molecule has 14 aromatic rings. The second kappa shape index (κ2) is 16.3. The van der Waals surface area contributed by atoms with Crippen LogP contribution in [0, 0.1) is 0 Å². The fourth-order valence-electron chi connectivity index (χ4n) is 14.5. The molecule has 1 spiro atoms. The standard InChI is InChI=1S/C76H50N2O/c1-75(2)63-23-11-6-18-55(63)57-39-37-53(45-67(57)75)77(51-33-28-48(29-34-51)47-16-4-3-5-17-47)52-35-30-49(31-36-52)50-32-42-70-62(44-50)59-20-9-14-26-69(59)78(70)54-38-40-58-56-19-7-12-24-64(56)76(68(58)46-54)65-25-13-8-21-60(65)73-66(76)41-43-72-74(73)61-22-10-15-27-71(61)79-72/h3-46H,1-2H3. The van der Waals surface area contributed by atoms with Crippen molar-refractivity contribution in [2.45, 2.75) is 24.7 Å². The molecule has 1 atom stereocenters. The predicted octanol–water partition coefficient (Wildman–Crippen LogP) is 20.1. The maximum absolute atomic E-state index is 6.55. The third-order valence-electron chi connectivity index (χ3n) is 18.0. The summed E-state index contributed by atoms with van der Waals surface area (Å²) in [7, 11) is 0. The van der Waals surface area contributed by atoms with Gasteiger partial charge in [0.2, 0.25) is 0 Å². The van der Waals surface area contributed by atoms with Crippen LogP contribution in [0.2, 0.25) is 0 Å². The number of benzene rings is 12. The second-order valence-corrected chi connectivity index (χ2v) is 22.3. The number of hydrogen-bond donors (Lipinski definition) is 0. The first-order chi connectivity index (χ1) is 38.9. The van der Waals surface area contributed by atoms with E-state index in [1.165, 1.54) is 116 Å². The molecule has 1 unspecified atom stereocenters. The van der Waals surface area contributed by atoms with Gasteiger partial charge in [-0.3, -0.25) is 0 Å². The molecule has 0 N–H and O–H groups in total. The topological polar surface area (TPSA) is 21.3 Å². The number of hydrogen-bond acceptors (Lipinski definition) is 2. The molecular formula is C76H50N2O. The summed E-state index contributed by atoms with van der Waals surface area (Å²) in [5.41, 5.74) is 28.5. The minimum Gasteiger partial charge on any atom is -0.456 e. The number of rotatable bonds is 6. The van der Waals surface area contributed by atoms with Gasteiger partial charge in [0.15, 0.2) is 0 Å². The summed E-state index contributed by atoms with van der Waals surface area (Å²) in [6.45, 7) is 4.72. The van der Waals surface area contributed by atoms with Crippen LogP contribution < -0.4 is 4.90 Å². The van der Waals surface area contributed by atoms with Gasteiger partial charge in [0, 0.05) is 49.7 Å². The van der Waals surface area contributed by atoms with Crippen LogP contribution in [0.3, 0.4) is 0 Å². The zero-order chi connectivity index (χ0) is 52.1. The highest BCUT2D eigenvalue weighted by Gasteiger charge is 2.52. The Balaban J connectivity index is 0.789. The highest BCUT2D eigenvalue weighted by molar-refractivity contribution is 6.16. The molecule has 0 saturated heterocycles. The van der Waals surface area contributed by atoms with Crippen LogP contribution in [0.15, 0.2) is 271 Å². The third kappa shape index (κ3) is 6.07. The van der Waals surface area contributed by atoms with E-state index in [9.17, 15) is 0 Å². The van der Waals surface area contributed by atoms with Crippen molar-refractivity contribution in [2.75, 3.05) is 4.90 Å². The Bertz CT molecular complexity index is 4860. The lowest BCUT2D eigenvalue weighted by Crippen LogP contribution is -2.26. The van der Waals surface area contributed by atoms with Gasteiger partial charge in [-0.15, -0.1) is 0 Å². The molecule has 0 fully saturated rings. The van der Waals surface area contributed by atoms with E-state index in [2.05, 4.69) is 290 Å². The monoisotopic (exact) mass is 1010 g/mol. The molecule has 370 valence electrons. The van der Waals surface area contributed by atoms with E-state index in [1.54, 1.807) is 0 Å². The van der Waals surface area contributed by atoms with E-state index in [4.69, 9.17) is 4.42 Å². The van der Waals surface area contributed by atoms with Gasteiger partial charge in [-0.25, -0.2) is 0 Å². The normalized spacial score (nSPS) is 15.1. The maximum atomic E-state index is 6.55. The van der Waals surface area contributed by atoms with Gasteiger partial charge in [0.1, 0.15) is 11.2 Å². The third-order valence-corrected chi connectivity index (χ3v) is 18.0. The first-order valence-electron chi connectivity index (χ1n) is 27.6. The Morgan fingerprint density at radius 2 is 0.873 bits per heavy atom. The second-order valence-electron chi connectivity index (χ2n) is 22.3. The van der Waals surface area contributed by atoms with Crippen molar-refractivity contribution in [2.24, 2.45) is 0 Å². The fourth-order valence-corrected chi connectivity index (χ4v) is 14.5. The molecule has 3 aliphatic rings. The van der Waals surface area contributed by atoms with Crippen LogP contribution in [-0.2, 0) is 10.8 Å². The molecule has 0 aliphatic heterocycles. The van der Waals surface area contributed by atoms with Gasteiger partial charge in [-0.05, 0) is 168 Å². The molecule has 0 saturated carbocycles. The van der Waals surface area contributed by atoms with Crippen molar-refractivity contribution in [1.82, 2.24) is 4.57 Å². The molecule has 0 amide bonds. The molecule has 3 heteroatoms. The van der Waals surface area contributed by atoms with E-state index in [-0.39, 0.29) is 5.41 Å². The molecule has 2 heterocycles. The van der Waals surface area contributed by atoms with Crippen molar-refractivity contribution in [1.29, 1.82) is 0 Å². The van der Waals surface area contributed by atoms with Crippen LogP contribution in [-0.4, -0.2) is 4.57 Å². The van der Waals surface area contributed by atoms with Crippen LogP contribution in [0.4, 0.5) is 17.1 Å². The molecule has 0 radical (unpaired) electrons. The molecule has 3 nitrogen and oxygen atoms in total. The number of furan rings is 1. The van der Waals surface area contributed by atoms with Crippen LogP contribution in [0.25, 0.3) is 105 Å². The highest BCUT2D eigenvalue weighted by Crippen LogP contribution is 2.64. The summed E-state index contributed by atoms with van der Waals surface area (Å²) in [4.78, 5) is 2.41. The lowest BCUT2D eigenvalue weighted by molar-refractivity contribution is 0.660. The molecule has 79 heavy (non-hydrogen) atoms. The Morgan fingerprint density at radius 1 is 0.329 bits per heavy atom. The van der Waals surface area contributed by atoms with Crippen molar-refractivity contribution in [3.8, 4) is 61.3 Å². The number of aromatic nitrogens is 1. The smallest absolute Gasteiger partial charge is 0.136 e. The Hall–Kier alpha value is -9.96. The van der Waals surface area contributed by atoms with Crippen molar-refractivity contribution < 1.29 is 4.42 Å². The number of anilines is 3. The van der Waals surface area contributed by atoms with Crippen molar-refractivity contribution >= 4 is 60.8 Å². The first-order valence-corrected chi connectivity index (χ1v) is 27.6. The Labute approximate surface area is 458 Å². The minimum atomic E-state index is -0.525. The summed E-state index contributed by atoms with van der Waals surface area (Å²) < 4.78 is 9.04. The molecule has 2 aromatic heterocycles. The molecule has 0 bridgehead atoms. The first kappa shape index (κ1) is 44.2. The van der Waals surface area contributed by atoms with E-state index < -0.39 is 5.41 Å². The highest BCUT2D eigenvalue weighted by atomic mass is 16.3. The number of para-hydroxylation sites is 2. The molecule has 12 aromatic carbocycles. The SMILES string of the molecule is CC1(C)c2ccccc2-c2ccc(N(c3ccc(-c4ccccc4)cc3)c3ccc(-c4ccc5c(c4)c4ccccc4n5-c4ccc5c(c4)C4(c6ccccc6-5)c5ccccc5-c5c4ccc4oc6ccccc6c54)cc3)cc21. The van der Waals surface area contributed by atoms with Crippen LogP contribution >= 0.6 is 0 Å². The van der Waals surface area contributed by atoms with E-state index in [0.29, 0.717) is 0 Å².